The van der Waals surface area contributed by atoms with Gasteiger partial charge in [-0.25, -0.2) is 4.98 Å². The summed E-state index contributed by atoms with van der Waals surface area (Å²) >= 11 is 12.2. The van der Waals surface area contributed by atoms with Crippen molar-refractivity contribution < 1.29 is 4.52 Å². The van der Waals surface area contributed by atoms with E-state index in [1.807, 2.05) is 0 Å². The number of benzene rings is 1. The van der Waals surface area contributed by atoms with E-state index in [0.717, 1.165) is 54.5 Å². The lowest BCUT2D eigenvalue weighted by Crippen LogP contribution is -2.33. The van der Waals surface area contributed by atoms with Crippen LogP contribution in [0.1, 0.15) is 49.2 Å². The first kappa shape index (κ1) is 16.3. The van der Waals surface area contributed by atoms with Crippen LogP contribution in [0.25, 0.3) is 11.0 Å². The molecule has 0 unspecified atom stereocenters. The molecule has 3 heterocycles. The van der Waals surface area contributed by atoms with Crippen molar-refractivity contribution in [2.24, 2.45) is 0 Å². The summed E-state index contributed by atoms with van der Waals surface area (Å²) in [6.07, 6.45) is 6.10. The molecule has 0 spiro atoms. The van der Waals surface area contributed by atoms with Crippen molar-refractivity contribution in [2.75, 3.05) is 18.0 Å². The number of hydrogen-bond acceptors (Lipinski definition) is 6. The highest BCUT2D eigenvalue weighted by atomic mass is 35.5. The number of piperidine rings is 1. The van der Waals surface area contributed by atoms with Gasteiger partial charge in [-0.2, -0.15) is 4.98 Å². The maximum atomic E-state index is 6.11. The molecule has 1 aliphatic carbocycles. The fourth-order valence-electron chi connectivity index (χ4n) is 3.43. The maximum Gasteiger partial charge on any atom is 0.229 e. The molecule has 3 aromatic rings. The molecule has 0 atom stereocenters. The zero-order valence-electron chi connectivity index (χ0n) is 14.0. The highest BCUT2D eigenvalue weighted by Crippen LogP contribution is 2.40. The third-order valence-electron chi connectivity index (χ3n) is 5.14. The van der Waals surface area contributed by atoms with Gasteiger partial charge >= 0.3 is 0 Å². The maximum absolute atomic E-state index is 6.11. The molecule has 0 bridgehead atoms. The summed E-state index contributed by atoms with van der Waals surface area (Å²) in [5, 5.41) is 5.18. The zero-order valence-corrected chi connectivity index (χ0v) is 15.5. The Bertz CT molecular complexity index is 963. The molecule has 2 aromatic heterocycles. The number of nitrogens with zero attached hydrogens (tertiary/aromatic N) is 5. The van der Waals surface area contributed by atoms with Crippen molar-refractivity contribution in [3.8, 4) is 0 Å². The van der Waals surface area contributed by atoms with Crippen molar-refractivity contribution in [1.29, 1.82) is 0 Å². The molecular weight excluding hydrogens is 373 g/mol. The van der Waals surface area contributed by atoms with Gasteiger partial charge in [0.1, 0.15) is 5.82 Å². The summed E-state index contributed by atoms with van der Waals surface area (Å²) < 4.78 is 5.40. The van der Waals surface area contributed by atoms with E-state index in [9.17, 15) is 0 Å². The summed E-state index contributed by atoms with van der Waals surface area (Å²) in [6.45, 7) is 1.78. The lowest BCUT2D eigenvalue weighted by Gasteiger charge is -2.31. The highest BCUT2D eigenvalue weighted by Gasteiger charge is 2.32. The van der Waals surface area contributed by atoms with E-state index in [0.29, 0.717) is 21.9 Å². The molecule has 1 saturated carbocycles. The summed E-state index contributed by atoms with van der Waals surface area (Å²) in [5.41, 5.74) is 1.50. The molecule has 5 rings (SSSR count). The van der Waals surface area contributed by atoms with Gasteiger partial charge in [-0.3, -0.25) is 4.98 Å². The SMILES string of the molecule is Clc1cc2ncc(N3CCC(c4noc(C5CC5)n4)CC3)nc2cc1Cl. The standard InChI is InChI=1S/C18H17Cl2N5O/c19-12-7-14-15(8-13(12)20)22-16(9-21-14)25-5-3-10(4-6-25)17-23-18(26-24-17)11-1-2-11/h7-11H,1-6H2. The van der Waals surface area contributed by atoms with Gasteiger partial charge in [0.2, 0.25) is 5.89 Å². The number of halogens is 2. The Hall–Kier alpha value is -1.92. The van der Waals surface area contributed by atoms with Crippen molar-refractivity contribution >= 4 is 40.1 Å². The third kappa shape index (κ3) is 3.01. The second-order valence-corrected chi connectivity index (χ2v) is 7.82. The van der Waals surface area contributed by atoms with Crippen LogP contribution in [-0.4, -0.2) is 33.2 Å². The van der Waals surface area contributed by atoms with Gasteiger partial charge in [0.05, 0.1) is 27.3 Å². The largest absolute Gasteiger partial charge is 0.355 e. The molecule has 1 aliphatic heterocycles. The second-order valence-electron chi connectivity index (χ2n) is 7.01. The molecule has 0 amide bonds. The molecule has 0 radical (unpaired) electrons. The van der Waals surface area contributed by atoms with Crippen molar-refractivity contribution in [3.63, 3.8) is 0 Å². The van der Waals surface area contributed by atoms with E-state index in [-0.39, 0.29) is 0 Å². The number of fused-ring (bicyclic) bond motifs is 1. The van der Waals surface area contributed by atoms with Crippen LogP contribution in [0.2, 0.25) is 10.0 Å². The van der Waals surface area contributed by atoms with Gasteiger partial charge < -0.3 is 9.42 Å². The number of rotatable bonds is 3. The molecule has 134 valence electrons. The molecule has 2 fully saturated rings. The summed E-state index contributed by atoms with van der Waals surface area (Å²) in [4.78, 5) is 16.0. The van der Waals surface area contributed by atoms with Crippen LogP contribution in [0.3, 0.4) is 0 Å². The molecule has 1 saturated heterocycles. The molecule has 1 aromatic carbocycles. The van der Waals surface area contributed by atoms with Crippen LogP contribution >= 0.6 is 23.2 Å². The normalized spacial score (nSPS) is 18.6. The second kappa shape index (κ2) is 6.35. The lowest BCUT2D eigenvalue weighted by atomic mass is 9.96. The first-order valence-corrected chi connectivity index (χ1v) is 9.63. The zero-order chi connectivity index (χ0) is 17.7. The van der Waals surface area contributed by atoms with Gasteiger partial charge in [0, 0.05) is 24.9 Å². The third-order valence-corrected chi connectivity index (χ3v) is 5.86. The summed E-state index contributed by atoms with van der Waals surface area (Å²) in [7, 11) is 0. The molecular formula is C18H17Cl2N5O. The first-order valence-electron chi connectivity index (χ1n) is 8.87. The van der Waals surface area contributed by atoms with Crippen LogP contribution in [0, 0.1) is 0 Å². The molecule has 2 aliphatic rings. The Morgan fingerprint density at radius 2 is 1.65 bits per heavy atom. The smallest absolute Gasteiger partial charge is 0.229 e. The topological polar surface area (TPSA) is 67.9 Å². The molecule has 6 nitrogen and oxygen atoms in total. The number of aromatic nitrogens is 4. The van der Waals surface area contributed by atoms with Gasteiger partial charge in [0.25, 0.3) is 0 Å². The Balaban J connectivity index is 1.31. The van der Waals surface area contributed by atoms with E-state index in [2.05, 4.69) is 20.0 Å². The Morgan fingerprint density at radius 3 is 2.38 bits per heavy atom. The number of hydrogen-bond donors (Lipinski definition) is 0. The molecule has 0 N–H and O–H groups in total. The summed E-state index contributed by atoms with van der Waals surface area (Å²) in [5.74, 6) is 3.39. The van der Waals surface area contributed by atoms with E-state index < -0.39 is 0 Å². The van der Waals surface area contributed by atoms with Crippen LogP contribution in [0.15, 0.2) is 22.9 Å². The minimum Gasteiger partial charge on any atom is -0.355 e. The first-order chi connectivity index (χ1) is 12.7. The minimum atomic E-state index is 0.351. The minimum absolute atomic E-state index is 0.351. The fraction of sp³-hybridized carbons (Fsp3) is 0.444. The highest BCUT2D eigenvalue weighted by molar-refractivity contribution is 6.42. The van der Waals surface area contributed by atoms with Crippen LogP contribution in [0.5, 0.6) is 0 Å². The number of anilines is 1. The summed E-state index contributed by atoms with van der Waals surface area (Å²) in [6, 6.07) is 3.51. The Kier molecular flexibility index (Phi) is 3.98. The van der Waals surface area contributed by atoms with Gasteiger partial charge in [0.15, 0.2) is 5.82 Å². The Labute approximate surface area is 160 Å². The van der Waals surface area contributed by atoms with Crippen LogP contribution < -0.4 is 4.90 Å². The van der Waals surface area contributed by atoms with E-state index >= 15 is 0 Å². The van der Waals surface area contributed by atoms with Crippen LogP contribution in [0.4, 0.5) is 5.82 Å². The average Bonchev–Trinajstić information content (AvgIpc) is 3.39. The predicted molar refractivity (Wildman–Crippen MR) is 100 cm³/mol. The fourth-order valence-corrected chi connectivity index (χ4v) is 3.74. The molecule has 8 heteroatoms. The predicted octanol–water partition coefficient (Wildman–Crippen LogP) is 4.58. The quantitative estimate of drug-likeness (QED) is 0.652. The van der Waals surface area contributed by atoms with E-state index in [1.54, 1.807) is 18.3 Å². The molecule has 26 heavy (non-hydrogen) atoms. The van der Waals surface area contributed by atoms with Gasteiger partial charge in [-0.15, -0.1) is 0 Å². The van der Waals surface area contributed by atoms with E-state index in [4.69, 9.17) is 32.7 Å². The van der Waals surface area contributed by atoms with Crippen molar-refractivity contribution in [3.05, 3.63) is 40.1 Å². The lowest BCUT2D eigenvalue weighted by molar-refractivity contribution is 0.364. The van der Waals surface area contributed by atoms with Crippen molar-refractivity contribution in [2.45, 2.75) is 37.5 Å². The van der Waals surface area contributed by atoms with E-state index in [1.165, 1.54) is 12.8 Å². The average molecular weight is 390 g/mol. The van der Waals surface area contributed by atoms with Crippen LogP contribution in [-0.2, 0) is 0 Å². The van der Waals surface area contributed by atoms with Gasteiger partial charge in [-0.1, -0.05) is 28.4 Å². The van der Waals surface area contributed by atoms with Crippen molar-refractivity contribution in [1.82, 2.24) is 20.1 Å². The van der Waals surface area contributed by atoms with Gasteiger partial charge in [-0.05, 0) is 37.8 Å². The Morgan fingerprint density at radius 1 is 0.923 bits per heavy atom. The monoisotopic (exact) mass is 389 g/mol.